The Morgan fingerprint density at radius 3 is 2.75 bits per heavy atom. The van der Waals surface area contributed by atoms with Gasteiger partial charge in [0.1, 0.15) is 12.0 Å². The van der Waals surface area contributed by atoms with Crippen molar-refractivity contribution in [3.8, 4) is 0 Å². The first-order valence-electron chi connectivity index (χ1n) is 2.16. The Hall–Kier alpha value is -0.440. The molecule has 1 aromatic rings. The zero-order chi connectivity index (χ0) is 5.98. The van der Waals surface area contributed by atoms with Gasteiger partial charge in [-0.2, -0.15) is 12.6 Å². The highest BCUT2D eigenvalue weighted by atomic mass is 32.1. The Balaban J connectivity index is 2.84. The molecule has 0 spiro atoms. The lowest BCUT2D eigenvalue weighted by atomic mass is 10.5. The zero-order valence-corrected chi connectivity index (χ0v) is 4.99. The Bertz CT molecular complexity index is 173. The van der Waals surface area contributed by atoms with Crippen molar-refractivity contribution in [1.29, 1.82) is 0 Å². The monoisotopic (exact) mass is 132 g/mol. The van der Waals surface area contributed by atoms with E-state index in [9.17, 15) is 4.39 Å². The van der Waals surface area contributed by atoms with Crippen LogP contribution in [-0.2, 0) is 5.75 Å². The smallest absolute Gasteiger partial charge is 0.161 e. The normalized spacial score (nSPS) is 9.75. The average molecular weight is 132 g/mol. The molecule has 0 N–H and O–H groups in total. The summed E-state index contributed by atoms with van der Waals surface area (Å²) in [5, 5.41) is 0. The fourth-order valence-corrected chi connectivity index (χ4v) is 0.603. The van der Waals surface area contributed by atoms with E-state index in [1.807, 2.05) is 0 Å². The van der Waals surface area contributed by atoms with Gasteiger partial charge in [0.25, 0.3) is 0 Å². The molecule has 0 fully saturated rings. The number of furan rings is 1. The second kappa shape index (κ2) is 2.22. The summed E-state index contributed by atoms with van der Waals surface area (Å²) in [6, 6.07) is 1.31. The van der Waals surface area contributed by atoms with E-state index in [1.54, 1.807) is 0 Å². The summed E-state index contributed by atoms with van der Waals surface area (Å²) in [7, 11) is 0. The summed E-state index contributed by atoms with van der Waals surface area (Å²) in [5.41, 5.74) is 0. The van der Waals surface area contributed by atoms with Crippen molar-refractivity contribution >= 4 is 12.6 Å². The fourth-order valence-electron chi connectivity index (χ4n) is 0.437. The van der Waals surface area contributed by atoms with E-state index >= 15 is 0 Å². The molecule has 0 amide bonds. The molecule has 0 bridgehead atoms. The lowest BCUT2D eigenvalue weighted by Crippen LogP contribution is -1.64. The van der Waals surface area contributed by atoms with Gasteiger partial charge in [-0.05, 0) is 0 Å². The summed E-state index contributed by atoms with van der Waals surface area (Å²) >= 11 is 3.86. The predicted octanol–water partition coefficient (Wildman–Crippen LogP) is 1.85. The van der Waals surface area contributed by atoms with Gasteiger partial charge in [-0.15, -0.1) is 0 Å². The molecular weight excluding hydrogens is 127 g/mol. The summed E-state index contributed by atoms with van der Waals surface area (Å²) in [4.78, 5) is 0. The molecule has 3 heteroatoms. The molecule has 0 aliphatic heterocycles. The van der Waals surface area contributed by atoms with Crippen LogP contribution < -0.4 is 0 Å². The van der Waals surface area contributed by atoms with Crippen LogP contribution in [0.2, 0.25) is 0 Å². The minimum atomic E-state index is -0.339. The second-order valence-electron chi connectivity index (χ2n) is 1.39. The van der Waals surface area contributed by atoms with Gasteiger partial charge in [0, 0.05) is 11.8 Å². The van der Waals surface area contributed by atoms with E-state index in [0.29, 0.717) is 11.5 Å². The molecule has 0 saturated carbocycles. The van der Waals surface area contributed by atoms with Gasteiger partial charge in [0.05, 0.1) is 0 Å². The van der Waals surface area contributed by atoms with Crippen LogP contribution in [0.25, 0.3) is 0 Å². The van der Waals surface area contributed by atoms with Gasteiger partial charge >= 0.3 is 0 Å². The average Bonchev–Trinajstić information content (AvgIpc) is 2.14. The fraction of sp³-hybridized carbons (Fsp3) is 0.200. The third-order valence-electron chi connectivity index (χ3n) is 0.778. The van der Waals surface area contributed by atoms with Crippen molar-refractivity contribution in [2.75, 3.05) is 0 Å². The molecule has 1 aromatic heterocycles. The van der Waals surface area contributed by atoms with Crippen LogP contribution in [0, 0.1) is 5.82 Å². The van der Waals surface area contributed by atoms with Crippen LogP contribution in [-0.4, -0.2) is 0 Å². The van der Waals surface area contributed by atoms with Gasteiger partial charge in [0.2, 0.25) is 0 Å². The minimum absolute atomic E-state index is 0.339. The highest BCUT2D eigenvalue weighted by molar-refractivity contribution is 7.79. The first kappa shape index (κ1) is 5.69. The number of rotatable bonds is 1. The summed E-state index contributed by atoms with van der Waals surface area (Å²) in [6.07, 6.45) is 1.06. The number of halogens is 1. The van der Waals surface area contributed by atoms with Crippen molar-refractivity contribution in [3.05, 3.63) is 23.9 Å². The third-order valence-corrected chi connectivity index (χ3v) is 1.09. The molecule has 0 aliphatic carbocycles. The molecule has 1 nitrogen and oxygen atoms in total. The lowest BCUT2D eigenvalue weighted by molar-refractivity contribution is 0.508. The molecule has 0 aliphatic rings. The van der Waals surface area contributed by atoms with E-state index in [0.717, 1.165) is 6.26 Å². The van der Waals surface area contributed by atoms with Crippen molar-refractivity contribution in [3.63, 3.8) is 0 Å². The van der Waals surface area contributed by atoms with Gasteiger partial charge < -0.3 is 4.42 Å². The van der Waals surface area contributed by atoms with Crippen LogP contribution in [0.3, 0.4) is 0 Å². The Kier molecular flexibility index (Phi) is 1.58. The molecule has 44 valence electrons. The molecular formula is C5H5FOS. The van der Waals surface area contributed by atoms with E-state index in [-0.39, 0.29) is 5.82 Å². The Labute approximate surface area is 51.9 Å². The number of hydrogen-bond acceptors (Lipinski definition) is 2. The Morgan fingerprint density at radius 1 is 1.75 bits per heavy atom. The van der Waals surface area contributed by atoms with E-state index in [2.05, 4.69) is 17.0 Å². The maximum absolute atomic E-state index is 12.0. The van der Waals surface area contributed by atoms with Crippen molar-refractivity contribution in [2.24, 2.45) is 0 Å². The van der Waals surface area contributed by atoms with Crippen LogP contribution in [0.5, 0.6) is 0 Å². The number of hydrogen-bond donors (Lipinski definition) is 1. The molecule has 8 heavy (non-hydrogen) atoms. The van der Waals surface area contributed by atoms with Gasteiger partial charge in [-0.25, -0.2) is 4.39 Å². The summed E-state index contributed by atoms with van der Waals surface area (Å²) in [5.74, 6) is 0.670. The largest absolute Gasteiger partial charge is 0.465 e. The minimum Gasteiger partial charge on any atom is -0.465 e. The molecule has 1 rings (SSSR count). The van der Waals surface area contributed by atoms with Crippen LogP contribution in [0.15, 0.2) is 16.7 Å². The Morgan fingerprint density at radius 2 is 2.50 bits per heavy atom. The summed E-state index contributed by atoms with van der Waals surface area (Å²) in [6.45, 7) is 0. The first-order valence-corrected chi connectivity index (χ1v) is 2.80. The predicted molar refractivity (Wildman–Crippen MR) is 31.4 cm³/mol. The SMILES string of the molecule is Fc1coc(CS)c1. The maximum Gasteiger partial charge on any atom is 0.161 e. The quantitative estimate of drug-likeness (QED) is 0.575. The topological polar surface area (TPSA) is 13.1 Å². The van der Waals surface area contributed by atoms with Crippen LogP contribution >= 0.6 is 12.6 Å². The molecule has 0 unspecified atom stereocenters. The van der Waals surface area contributed by atoms with Gasteiger partial charge in [-0.3, -0.25) is 0 Å². The van der Waals surface area contributed by atoms with Crippen molar-refractivity contribution in [2.45, 2.75) is 5.75 Å². The van der Waals surface area contributed by atoms with E-state index in [1.165, 1.54) is 6.07 Å². The van der Waals surface area contributed by atoms with E-state index in [4.69, 9.17) is 0 Å². The lowest BCUT2D eigenvalue weighted by Gasteiger charge is -1.78. The van der Waals surface area contributed by atoms with E-state index < -0.39 is 0 Å². The van der Waals surface area contributed by atoms with Crippen molar-refractivity contribution in [1.82, 2.24) is 0 Å². The standard InChI is InChI=1S/C5H5FOS/c6-4-1-5(3-8)7-2-4/h1-2,8H,3H2. The van der Waals surface area contributed by atoms with Gasteiger partial charge in [-0.1, -0.05) is 0 Å². The molecule has 1 heterocycles. The first-order chi connectivity index (χ1) is 3.83. The molecule has 0 aromatic carbocycles. The van der Waals surface area contributed by atoms with Gasteiger partial charge in [0.15, 0.2) is 5.82 Å². The molecule has 0 radical (unpaired) electrons. The van der Waals surface area contributed by atoms with Crippen LogP contribution in [0.1, 0.15) is 5.76 Å². The molecule has 0 atom stereocenters. The molecule has 0 saturated heterocycles. The zero-order valence-electron chi connectivity index (χ0n) is 4.10. The maximum atomic E-state index is 12.0. The highest BCUT2D eigenvalue weighted by Gasteiger charge is 1.95. The highest BCUT2D eigenvalue weighted by Crippen LogP contribution is 2.06. The second-order valence-corrected chi connectivity index (χ2v) is 1.71. The van der Waals surface area contributed by atoms with Crippen LogP contribution in [0.4, 0.5) is 4.39 Å². The third kappa shape index (κ3) is 1.04. The number of thiol groups is 1. The summed E-state index contributed by atoms with van der Waals surface area (Å²) < 4.78 is 16.6. The van der Waals surface area contributed by atoms with Crippen molar-refractivity contribution < 1.29 is 8.81 Å².